The van der Waals surface area contributed by atoms with E-state index < -0.39 is 32.0 Å². The van der Waals surface area contributed by atoms with E-state index in [1.165, 1.54) is 42.7 Å². The number of benzene rings is 2. The van der Waals surface area contributed by atoms with Crippen molar-refractivity contribution in [1.82, 2.24) is 4.98 Å². The van der Waals surface area contributed by atoms with Crippen molar-refractivity contribution in [3.8, 4) is 0 Å². The molecule has 34 heavy (non-hydrogen) atoms. The van der Waals surface area contributed by atoms with Crippen molar-refractivity contribution >= 4 is 54.6 Å². The summed E-state index contributed by atoms with van der Waals surface area (Å²) in [4.78, 5) is 16.9. The third kappa shape index (κ3) is 6.25. The van der Waals surface area contributed by atoms with Gasteiger partial charge in [-0.3, -0.25) is 18.8 Å². The van der Waals surface area contributed by atoms with Crippen LogP contribution in [0.25, 0.3) is 0 Å². The van der Waals surface area contributed by atoms with Crippen LogP contribution in [0.2, 0.25) is 5.02 Å². The molecule has 1 atom stereocenters. The summed E-state index contributed by atoms with van der Waals surface area (Å²) in [6.45, 7) is 1.69. The molecule has 2 N–H and O–H groups in total. The molecule has 9 nitrogen and oxygen atoms in total. The smallest absolute Gasteiger partial charge is 0.261 e. The van der Waals surface area contributed by atoms with E-state index in [0.29, 0.717) is 16.4 Å². The number of amides is 1. The molecule has 0 bridgehead atoms. The van der Waals surface area contributed by atoms with Crippen molar-refractivity contribution in [2.75, 3.05) is 20.6 Å². The van der Waals surface area contributed by atoms with Gasteiger partial charge in [0.15, 0.2) is 0 Å². The Kier molecular flexibility index (Phi) is 7.80. The van der Waals surface area contributed by atoms with Gasteiger partial charge in [-0.25, -0.2) is 16.8 Å². The second-order valence-electron chi connectivity index (χ2n) is 7.32. The average Bonchev–Trinajstić information content (AvgIpc) is 2.77. The largest absolute Gasteiger partial charge is 0.324 e. The molecule has 1 amide bonds. The number of hydrogen-bond acceptors (Lipinski definition) is 6. The Morgan fingerprint density at radius 3 is 2.29 bits per heavy atom. The van der Waals surface area contributed by atoms with E-state index in [2.05, 4.69) is 15.0 Å². The Hall–Kier alpha value is -3.15. The number of pyridine rings is 1. The lowest BCUT2D eigenvalue weighted by atomic mass is 10.2. The fraction of sp³-hybridized carbons (Fsp3) is 0.182. The molecule has 0 unspecified atom stereocenters. The average molecular weight is 523 g/mol. The molecule has 0 spiro atoms. The van der Waals surface area contributed by atoms with Crippen LogP contribution in [0.15, 0.2) is 78.0 Å². The molecule has 3 rings (SSSR count). The van der Waals surface area contributed by atoms with Crippen LogP contribution in [0, 0.1) is 0 Å². The van der Waals surface area contributed by atoms with Crippen molar-refractivity contribution in [3.05, 3.63) is 78.1 Å². The lowest BCUT2D eigenvalue weighted by Crippen LogP contribution is -2.47. The van der Waals surface area contributed by atoms with Gasteiger partial charge in [-0.2, -0.15) is 0 Å². The normalized spacial score (nSPS) is 12.6. The molecule has 1 aromatic heterocycles. The van der Waals surface area contributed by atoms with Gasteiger partial charge in [0.05, 0.1) is 28.7 Å². The van der Waals surface area contributed by atoms with Crippen molar-refractivity contribution in [3.63, 3.8) is 0 Å². The maximum atomic E-state index is 13.0. The number of aromatic nitrogens is 1. The zero-order valence-corrected chi connectivity index (χ0v) is 20.7. The van der Waals surface area contributed by atoms with E-state index in [1.807, 2.05) is 0 Å². The molecule has 0 aliphatic heterocycles. The monoisotopic (exact) mass is 522 g/mol. The van der Waals surface area contributed by atoms with E-state index in [0.717, 1.165) is 10.6 Å². The van der Waals surface area contributed by atoms with Crippen LogP contribution in [0.5, 0.6) is 0 Å². The second-order valence-corrected chi connectivity index (χ2v) is 11.3. The van der Waals surface area contributed by atoms with Crippen LogP contribution in [0.1, 0.15) is 13.3 Å². The molecule has 12 heteroatoms. The molecule has 180 valence electrons. The Morgan fingerprint density at radius 2 is 1.74 bits per heavy atom. The van der Waals surface area contributed by atoms with Gasteiger partial charge < -0.3 is 5.32 Å². The first-order valence-electron chi connectivity index (χ1n) is 10.1. The molecule has 1 heterocycles. The Balaban J connectivity index is 1.80. The van der Waals surface area contributed by atoms with E-state index >= 15 is 0 Å². The van der Waals surface area contributed by atoms with Crippen LogP contribution in [0.4, 0.5) is 17.1 Å². The second kappa shape index (κ2) is 10.4. The molecule has 0 saturated carbocycles. The summed E-state index contributed by atoms with van der Waals surface area (Å²) in [7, 11) is -7.67. The van der Waals surface area contributed by atoms with Gasteiger partial charge in [-0.1, -0.05) is 24.6 Å². The van der Waals surface area contributed by atoms with E-state index in [1.54, 1.807) is 37.3 Å². The van der Waals surface area contributed by atoms with Gasteiger partial charge in [0.25, 0.3) is 10.0 Å². The number of nitrogens with zero attached hydrogens (tertiary/aromatic N) is 2. The minimum absolute atomic E-state index is 0.0157. The van der Waals surface area contributed by atoms with Crippen molar-refractivity contribution in [2.24, 2.45) is 0 Å². The Bertz CT molecular complexity index is 1370. The molecular weight excluding hydrogens is 500 g/mol. The van der Waals surface area contributed by atoms with Gasteiger partial charge in [0.1, 0.15) is 6.04 Å². The van der Waals surface area contributed by atoms with Crippen LogP contribution >= 0.6 is 11.6 Å². The lowest BCUT2D eigenvalue weighted by Gasteiger charge is -2.30. The van der Waals surface area contributed by atoms with Gasteiger partial charge in [0.2, 0.25) is 15.9 Å². The Labute approximate surface area is 203 Å². The summed E-state index contributed by atoms with van der Waals surface area (Å²) in [5, 5.41) is 2.99. The predicted molar refractivity (Wildman–Crippen MR) is 133 cm³/mol. The quantitative estimate of drug-likeness (QED) is 0.441. The van der Waals surface area contributed by atoms with Crippen LogP contribution in [-0.4, -0.2) is 40.0 Å². The van der Waals surface area contributed by atoms with Gasteiger partial charge >= 0.3 is 0 Å². The number of sulfonamides is 2. The molecule has 0 aliphatic rings. The number of carbonyl (C=O) groups excluding carboxylic acids is 1. The summed E-state index contributed by atoms with van der Waals surface area (Å²) in [6, 6.07) is 13.8. The number of halogens is 1. The minimum atomic E-state index is -3.86. The predicted octanol–water partition coefficient (Wildman–Crippen LogP) is 3.72. The summed E-state index contributed by atoms with van der Waals surface area (Å²) in [5.41, 5.74) is 0.885. The summed E-state index contributed by atoms with van der Waals surface area (Å²) in [5.74, 6) is -0.572. The molecule has 3 aromatic rings. The van der Waals surface area contributed by atoms with Gasteiger partial charge in [-0.05, 0) is 61.0 Å². The zero-order chi connectivity index (χ0) is 24.9. The first-order chi connectivity index (χ1) is 16.0. The summed E-state index contributed by atoms with van der Waals surface area (Å²) in [6.07, 6.45) is 4.10. The highest BCUT2D eigenvalue weighted by Crippen LogP contribution is 2.26. The standard InChI is InChI=1S/C22H23ClN4O5S2/c1-3-21(27(33(2,29)30)19-8-4-6-16(23)14-19)22(28)25-17-9-11-20(12-10-17)34(31,32)26-18-7-5-13-24-15-18/h4-15,21,26H,3H2,1-2H3,(H,25,28)/t21-/m0/s1. The van der Waals surface area contributed by atoms with Crippen LogP contribution in [0.3, 0.4) is 0 Å². The topological polar surface area (TPSA) is 126 Å². The highest BCUT2D eigenvalue weighted by molar-refractivity contribution is 7.92. The van der Waals surface area contributed by atoms with E-state index in [4.69, 9.17) is 11.6 Å². The van der Waals surface area contributed by atoms with E-state index in [9.17, 15) is 21.6 Å². The fourth-order valence-corrected chi connectivity index (χ4v) is 5.69. The summed E-state index contributed by atoms with van der Waals surface area (Å²) >= 11 is 6.02. The van der Waals surface area contributed by atoms with Crippen LogP contribution in [-0.2, 0) is 24.8 Å². The molecule has 0 saturated heterocycles. The first-order valence-corrected chi connectivity index (χ1v) is 13.8. The number of carbonyl (C=O) groups is 1. The van der Waals surface area contributed by atoms with E-state index in [-0.39, 0.29) is 17.0 Å². The number of anilines is 3. The molecule has 0 aliphatic carbocycles. The fourth-order valence-electron chi connectivity index (χ4n) is 3.25. The SMILES string of the molecule is CC[C@@H](C(=O)Nc1ccc(S(=O)(=O)Nc2cccnc2)cc1)N(c1cccc(Cl)c1)S(C)(=O)=O. The highest BCUT2D eigenvalue weighted by atomic mass is 35.5. The maximum absolute atomic E-state index is 13.0. The molecular formula is C22H23ClN4O5S2. The first kappa shape index (κ1) is 25.5. The number of hydrogen-bond donors (Lipinski definition) is 2. The van der Waals surface area contributed by atoms with Crippen molar-refractivity contribution < 1.29 is 21.6 Å². The zero-order valence-electron chi connectivity index (χ0n) is 18.3. The van der Waals surface area contributed by atoms with Crippen molar-refractivity contribution in [1.29, 1.82) is 0 Å². The maximum Gasteiger partial charge on any atom is 0.261 e. The molecule has 2 aromatic carbocycles. The van der Waals surface area contributed by atoms with Crippen LogP contribution < -0.4 is 14.3 Å². The number of rotatable bonds is 9. The van der Waals surface area contributed by atoms with Gasteiger partial charge in [0, 0.05) is 16.9 Å². The Morgan fingerprint density at radius 1 is 1.03 bits per heavy atom. The lowest BCUT2D eigenvalue weighted by molar-refractivity contribution is -0.117. The van der Waals surface area contributed by atoms with Gasteiger partial charge in [-0.15, -0.1) is 0 Å². The highest BCUT2D eigenvalue weighted by Gasteiger charge is 2.31. The molecule has 0 fully saturated rings. The molecule has 0 radical (unpaired) electrons. The third-order valence-electron chi connectivity index (χ3n) is 4.74. The number of nitrogens with one attached hydrogen (secondary N) is 2. The van der Waals surface area contributed by atoms with Crippen molar-refractivity contribution in [2.45, 2.75) is 24.3 Å². The summed E-state index contributed by atoms with van der Waals surface area (Å²) < 4.78 is 53.6. The third-order valence-corrected chi connectivity index (χ3v) is 7.55. The minimum Gasteiger partial charge on any atom is -0.324 e.